The Kier molecular flexibility index (Phi) is 2.93. The van der Waals surface area contributed by atoms with Crippen molar-refractivity contribution < 1.29 is 4.74 Å². The molecule has 0 aliphatic rings. The van der Waals surface area contributed by atoms with Crippen molar-refractivity contribution in [2.24, 2.45) is 0 Å². The molecule has 84 valence electrons. The van der Waals surface area contributed by atoms with Crippen LogP contribution in [0.15, 0.2) is 36.4 Å². The van der Waals surface area contributed by atoms with E-state index in [0.29, 0.717) is 22.9 Å². The van der Waals surface area contributed by atoms with Gasteiger partial charge in [-0.25, -0.2) is 4.98 Å². The summed E-state index contributed by atoms with van der Waals surface area (Å²) in [5.41, 5.74) is 7.45. The lowest BCUT2D eigenvalue weighted by Gasteiger charge is -2.07. The molecule has 0 unspecified atom stereocenters. The maximum atomic E-state index is 8.94. The number of ether oxygens (including phenoxy) is 1. The van der Waals surface area contributed by atoms with Gasteiger partial charge in [0.2, 0.25) is 5.88 Å². The SMILES string of the molecule is Cc1ccc(C#N)c(Oc2ccc(N)cc2)n1. The van der Waals surface area contributed by atoms with E-state index < -0.39 is 0 Å². The fourth-order valence-corrected chi connectivity index (χ4v) is 1.34. The normalized spacial score (nSPS) is 9.65. The Morgan fingerprint density at radius 1 is 1.18 bits per heavy atom. The van der Waals surface area contributed by atoms with Crippen molar-refractivity contribution >= 4 is 5.69 Å². The Hall–Kier alpha value is -2.54. The number of nitrogens with two attached hydrogens (primary N) is 1. The average molecular weight is 225 g/mol. The molecule has 1 aromatic carbocycles. The van der Waals surface area contributed by atoms with Crippen molar-refractivity contribution in [1.29, 1.82) is 5.26 Å². The van der Waals surface area contributed by atoms with E-state index in [1.165, 1.54) is 0 Å². The number of nitriles is 1. The second-order valence-corrected chi connectivity index (χ2v) is 3.59. The summed E-state index contributed by atoms with van der Waals surface area (Å²) in [6.07, 6.45) is 0. The minimum Gasteiger partial charge on any atom is -0.438 e. The Balaban J connectivity index is 2.32. The van der Waals surface area contributed by atoms with Crippen LogP contribution in [-0.2, 0) is 0 Å². The number of anilines is 1. The van der Waals surface area contributed by atoms with Crippen LogP contribution in [0.25, 0.3) is 0 Å². The lowest BCUT2D eigenvalue weighted by atomic mass is 10.2. The molecule has 2 rings (SSSR count). The molecule has 0 amide bonds. The quantitative estimate of drug-likeness (QED) is 0.797. The van der Waals surface area contributed by atoms with Crippen LogP contribution in [-0.4, -0.2) is 4.98 Å². The Labute approximate surface area is 99.3 Å². The molecule has 0 spiro atoms. The molecular weight excluding hydrogens is 214 g/mol. The molecule has 4 nitrogen and oxygen atoms in total. The molecule has 2 N–H and O–H groups in total. The van der Waals surface area contributed by atoms with Gasteiger partial charge in [0.15, 0.2) is 0 Å². The first-order valence-corrected chi connectivity index (χ1v) is 5.10. The highest BCUT2D eigenvalue weighted by molar-refractivity contribution is 5.45. The molecule has 0 fully saturated rings. The van der Waals surface area contributed by atoms with Crippen LogP contribution in [0, 0.1) is 18.3 Å². The largest absolute Gasteiger partial charge is 0.438 e. The third-order valence-corrected chi connectivity index (χ3v) is 2.21. The van der Waals surface area contributed by atoms with Gasteiger partial charge in [0, 0.05) is 11.4 Å². The third-order valence-electron chi connectivity index (χ3n) is 2.21. The number of aromatic nitrogens is 1. The molecule has 1 aromatic heterocycles. The van der Waals surface area contributed by atoms with Crippen LogP contribution in [0.1, 0.15) is 11.3 Å². The molecule has 0 bridgehead atoms. The lowest BCUT2D eigenvalue weighted by Crippen LogP contribution is -1.94. The van der Waals surface area contributed by atoms with Crippen LogP contribution in [0.3, 0.4) is 0 Å². The molecule has 0 saturated carbocycles. The summed E-state index contributed by atoms with van der Waals surface area (Å²) in [6.45, 7) is 1.84. The zero-order valence-corrected chi connectivity index (χ0v) is 9.34. The molecule has 0 atom stereocenters. The first-order valence-electron chi connectivity index (χ1n) is 5.10. The van der Waals surface area contributed by atoms with Gasteiger partial charge in [-0.15, -0.1) is 0 Å². The molecule has 2 aromatic rings. The molecule has 1 heterocycles. The Morgan fingerprint density at radius 2 is 1.88 bits per heavy atom. The molecule has 0 aliphatic heterocycles. The highest BCUT2D eigenvalue weighted by atomic mass is 16.5. The fourth-order valence-electron chi connectivity index (χ4n) is 1.34. The Bertz CT molecular complexity index is 570. The van der Waals surface area contributed by atoms with E-state index >= 15 is 0 Å². The molecule has 0 saturated heterocycles. The molecular formula is C13H11N3O. The van der Waals surface area contributed by atoms with Gasteiger partial charge in [-0.05, 0) is 43.3 Å². The Morgan fingerprint density at radius 3 is 2.53 bits per heavy atom. The summed E-state index contributed by atoms with van der Waals surface area (Å²) in [5.74, 6) is 0.922. The minimum atomic E-state index is 0.317. The first kappa shape index (κ1) is 11.0. The summed E-state index contributed by atoms with van der Waals surface area (Å²) in [6, 6.07) is 12.4. The van der Waals surface area contributed by atoms with E-state index in [2.05, 4.69) is 4.98 Å². The summed E-state index contributed by atoms with van der Waals surface area (Å²) in [4.78, 5) is 4.19. The minimum absolute atomic E-state index is 0.317. The maximum absolute atomic E-state index is 8.94. The first-order chi connectivity index (χ1) is 8.19. The zero-order chi connectivity index (χ0) is 12.3. The van der Waals surface area contributed by atoms with Crippen molar-refractivity contribution in [3.8, 4) is 17.7 Å². The van der Waals surface area contributed by atoms with Gasteiger partial charge in [0.05, 0.1) is 0 Å². The van der Waals surface area contributed by atoms with E-state index in [1.54, 1.807) is 36.4 Å². The molecule has 4 heteroatoms. The van der Waals surface area contributed by atoms with Crippen LogP contribution in [0.5, 0.6) is 11.6 Å². The third kappa shape index (κ3) is 2.52. The summed E-state index contributed by atoms with van der Waals surface area (Å²) >= 11 is 0. The standard InChI is InChI=1S/C13H11N3O/c1-9-2-3-10(8-14)13(16-9)17-12-6-4-11(15)5-7-12/h2-7H,15H2,1H3. The topological polar surface area (TPSA) is 71.9 Å². The van der Waals surface area contributed by atoms with Gasteiger partial charge in [0.1, 0.15) is 17.4 Å². The molecule has 17 heavy (non-hydrogen) atoms. The van der Waals surface area contributed by atoms with Gasteiger partial charge >= 0.3 is 0 Å². The van der Waals surface area contributed by atoms with Gasteiger partial charge in [-0.1, -0.05) is 0 Å². The zero-order valence-electron chi connectivity index (χ0n) is 9.34. The van der Waals surface area contributed by atoms with E-state index in [4.69, 9.17) is 15.7 Å². The van der Waals surface area contributed by atoms with Crippen LogP contribution in [0.2, 0.25) is 0 Å². The molecule has 0 aliphatic carbocycles. The number of benzene rings is 1. The van der Waals surface area contributed by atoms with E-state index in [0.717, 1.165) is 5.69 Å². The average Bonchev–Trinajstić information content (AvgIpc) is 2.32. The smallest absolute Gasteiger partial charge is 0.237 e. The number of pyridine rings is 1. The summed E-state index contributed by atoms with van der Waals surface area (Å²) in [7, 11) is 0. The van der Waals surface area contributed by atoms with Crippen molar-refractivity contribution in [3.05, 3.63) is 47.7 Å². The van der Waals surface area contributed by atoms with Crippen LogP contribution >= 0.6 is 0 Å². The fraction of sp³-hybridized carbons (Fsp3) is 0.0769. The summed E-state index contributed by atoms with van der Waals surface area (Å²) in [5, 5.41) is 8.94. The number of hydrogen-bond donors (Lipinski definition) is 1. The lowest BCUT2D eigenvalue weighted by molar-refractivity contribution is 0.460. The number of nitrogen functional groups attached to an aromatic ring is 1. The maximum Gasteiger partial charge on any atom is 0.237 e. The van der Waals surface area contributed by atoms with Gasteiger partial charge in [-0.2, -0.15) is 5.26 Å². The number of rotatable bonds is 2. The van der Waals surface area contributed by atoms with Crippen molar-refractivity contribution in [2.75, 3.05) is 5.73 Å². The van der Waals surface area contributed by atoms with Crippen molar-refractivity contribution in [3.63, 3.8) is 0 Å². The highest BCUT2D eigenvalue weighted by Gasteiger charge is 2.06. The second kappa shape index (κ2) is 4.54. The van der Waals surface area contributed by atoms with Gasteiger partial charge in [0.25, 0.3) is 0 Å². The van der Waals surface area contributed by atoms with Gasteiger partial charge < -0.3 is 10.5 Å². The van der Waals surface area contributed by atoms with E-state index in [9.17, 15) is 0 Å². The number of hydrogen-bond acceptors (Lipinski definition) is 4. The number of aryl methyl sites for hydroxylation is 1. The number of nitrogens with zero attached hydrogens (tertiary/aromatic N) is 2. The van der Waals surface area contributed by atoms with Crippen LogP contribution < -0.4 is 10.5 Å². The molecule has 0 radical (unpaired) electrons. The van der Waals surface area contributed by atoms with E-state index in [-0.39, 0.29) is 0 Å². The van der Waals surface area contributed by atoms with Crippen molar-refractivity contribution in [2.45, 2.75) is 6.92 Å². The van der Waals surface area contributed by atoms with Crippen molar-refractivity contribution in [1.82, 2.24) is 4.98 Å². The predicted octanol–water partition coefficient (Wildman–Crippen LogP) is 2.64. The van der Waals surface area contributed by atoms with Crippen LogP contribution in [0.4, 0.5) is 5.69 Å². The predicted molar refractivity (Wildman–Crippen MR) is 64.6 cm³/mol. The van der Waals surface area contributed by atoms with E-state index in [1.807, 2.05) is 13.0 Å². The second-order valence-electron chi connectivity index (χ2n) is 3.59. The summed E-state index contributed by atoms with van der Waals surface area (Å²) < 4.78 is 5.55. The van der Waals surface area contributed by atoms with Gasteiger partial charge in [-0.3, -0.25) is 0 Å². The highest BCUT2D eigenvalue weighted by Crippen LogP contribution is 2.23. The monoisotopic (exact) mass is 225 g/mol.